The fourth-order valence-corrected chi connectivity index (χ4v) is 2.41. The summed E-state index contributed by atoms with van der Waals surface area (Å²) in [5.74, 6) is -0.717. The van der Waals surface area contributed by atoms with E-state index in [1.54, 1.807) is 0 Å². The number of urea groups is 1. The van der Waals surface area contributed by atoms with E-state index in [4.69, 9.17) is 0 Å². The lowest BCUT2D eigenvalue weighted by Gasteiger charge is -2.32. The average molecular weight is 320 g/mol. The number of amides is 3. The van der Waals surface area contributed by atoms with Gasteiger partial charge in [0.25, 0.3) is 11.4 Å². The molecule has 0 radical (unpaired) electrons. The largest absolute Gasteiger partial charge is 0.329 e. The van der Waals surface area contributed by atoms with Gasteiger partial charge in [0.1, 0.15) is 0 Å². The molecule has 1 aromatic carbocycles. The van der Waals surface area contributed by atoms with Crippen molar-refractivity contribution in [3.05, 3.63) is 61.5 Å². The molecule has 1 N–H and O–H groups in total. The number of nitro benzene ring substituents is 1. The normalized spacial score (nSPS) is 17.7. The Hall–Kier alpha value is -3.30. The maximum atomic E-state index is 12.0. The topological polar surface area (TPSA) is 136 Å². The Morgan fingerprint density at radius 3 is 2.43 bits per heavy atom. The maximum absolute atomic E-state index is 12.0. The van der Waals surface area contributed by atoms with Crippen LogP contribution in [-0.2, 0) is 4.79 Å². The van der Waals surface area contributed by atoms with Crippen LogP contribution in [0.4, 0.5) is 10.5 Å². The number of non-ortho nitro benzene ring substituents is 1. The van der Waals surface area contributed by atoms with E-state index in [1.165, 1.54) is 25.1 Å². The van der Waals surface area contributed by atoms with Crippen molar-refractivity contribution in [2.24, 2.45) is 0 Å². The number of hydrogen-bond donors (Lipinski definition) is 1. The Bertz CT molecular complexity index is 757. The zero-order valence-corrected chi connectivity index (χ0v) is 12.2. The first-order chi connectivity index (χ1) is 10.7. The molecule has 2 rings (SSSR count). The molecule has 1 aliphatic rings. The molecule has 0 saturated heterocycles. The van der Waals surface area contributed by atoms with Crippen LogP contribution in [0.2, 0.25) is 0 Å². The summed E-state index contributed by atoms with van der Waals surface area (Å²) in [4.78, 5) is 45.4. The minimum Gasteiger partial charge on any atom is -0.305 e. The lowest BCUT2D eigenvalue weighted by atomic mass is 9.98. The Labute approximate surface area is 129 Å². The van der Waals surface area contributed by atoms with E-state index in [0.29, 0.717) is 4.90 Å². The number of nitrogens with one attached hydrogen (secondary N) is 1. The third-order valence-corrected chi connectivity index (χ3v) is 3.35. The van der Waals surface area contributed by atoms with Crippen LogP contribution in [0.5, 0.6) is 0 Å². The lowest BCUT2D eigenvalue weighted by molar-refractivity contribution is -0.435. The zero-order chi connectivity index (χ0) is 17.3. The number of imide groups is 1. The molecule has 10 heteroatoms. The number of benzene rings is 1. The van der Waals surface area contributed by atoms with Crippen LogP contribution >= 0.6 is 0 Å². The van der Waals surface area contributed by atoms with Crippen LogP contribution in [0.3, 0.4) is 0 Å². The second-order valence-corrected chi connectivity index (χ2v) is 4.84. The molecule has 1 atom stereocenters. The van der Waals surface area contributed by atoms with Gasteiger partial charge >= 0.3 is 6.03 Å². The van der Waals surface area contributed by atoms with Gasteiger partial charge < -0.3 is 5.32 Å². The summed E-state index contributed by atoms with van der Waals surface area (Å²) in [7, 11) is 0. The number of allylic oxidation sites excluding steroid dienone is 1. The van der Waals surface area contributed by atoms with Crippen molar-refractivity contribution in [2.75, 3.05) is 0 Å². The molecule has 0 aliphatic carbocycles. The third kappa shape index (κ3) is 2.86. The highest BCUT2D eigenvalue weighted by molar-refractivity contribution is 5.95. The van der Waals surface area contributed by atoms with E-state index in [1.807, 2.05) is 0 Å². The molecule has 23 heavy (non-hydrogen) atoms. The van der Waals surface area contributed by atoms with E-state index < -0.39 is 33.5 Å². The number of nitro groups is 2. The van der Waals surface area contributed by atoms with Crippen molar-refractivity contribution in [1.82, 2.24) is 10.2 Å². The van der Waals surface area contributed by atoms with Crippen molar-refractivity contribution in [3.8, 4) is 0 Å². The molecule has 1 aromatic rings. The number of nitrogens with zero attached hydrogens (tertiary/aromatic N) is 3. The van der Waals surface area contributed by atoms with Crippen LogP contribution in [0.15, 0.2) is 35.7 Å². The van der Waals surface area contributed by atoms with Gasteiger partial charge in [0.15, 0.2) is 6.04 Å². The first-order valence-corrected chi connectivity index (χ1v) is 6.44. The van der Waals surface area contributed by atoms with Gasteiger partial charge in [0, 0.05) is 19.1 Å². The van der Waals surface area contributed by atoms with E-state index >= 15 is 0 Å². The van der Waals surface area contributed by atoms with Gasteiger partial charge in [-0.2, -0.15) is 0 Å². The van der Waals surface area contributed by atoms with Crippen molar-refractivity contribution in [3.63, 3.8) is 0 Å². The van der Waals surface area contributed by atoms with Crippen molar-refractivity contribution in [2.45, 2.75) is 19.9 Å². The predicted molar refractivity (Wildman–Crippen MR) is 76.6 cm³/mol. The molecule has 120 valence electrons. The quantitative estimate of drug-likeness (QED) is 0.665. The minimum atomic E-state index is -1.34. The highest BCUT2D eigenvalue weighted by atomic mass is 16.6. The molecule has 3 amide bonds. The van der Waals surface area contributed by atoms with Crippen molar-refractivity contribution in [1.29, 1.82) is 0 Å². The lowest BCUT2D eigenvalue weighted by Crippen LogP contribution is -2.50. The van der Waals surface area contributed by atoms with Crippen LogP contribution in [0, 0.1) is 20.2 Å². The van der Waals surface area contributed by atoms with Gasteiger partial charge in [0.05, 0.1) is 15.5 Å². The summed E-state index contributed by atoms with van der Waals surface area (Å²) < 4.78 is 0. The Balaban J connectivity index is 2.69. The monoisotopic (exact) mass is 320 g/mol. The number of carbonyl (C=O) groups excluding carboxylic acids is 2. The fraction of sp³-hybridized carbons (Fsp3) is 0.231. The smallest absolute Gasteiger partial charge is 0.305 e. The van der Waals surface area contributed by atoms with Crippen LogP contribution in [0.25, 0.3) is 0 Å². The second kappa shape index (κ2) is 5.83. The third-order valence-electron chi connectivity index (χ3n) is 3.35. The Morgan fingerprint density at radius 1 is 1.26 bits per heavy atom. The molecule has 1 heterocycles. The Morgan fingerprint density at radius 2 is 1.91 bits per heavy atom. The summed E-state index contributed by atoms with van der Waals surface area (Å²) in [6.45, 7) is 2.42. The highest BCUT2D eigenvalue weighted by Crippen LogP contribution is 2.35. The summed E-state index contributed by atoms with van der Waals surface area (Å²) in [5.41, 5.74) is -0.623. The number of carbonyl (C=O) groups is 2. The number of hydrogen-bond acceptors (Lipinski definition) is 6. The molecule has 10 nitrogen and oxygen atoms in total. The van der Waals surface area contributed by atoms with Crippen LogP contribution < -0.4 is 5.32 Å². The average Bonchev–Trinajstić information content (AvgIpc) is 2.45. The van der Waals surface area contributed by atoms with Gasteiger partial charge in [-0.3, -0.25) is 25.0 Å². The van der Waals surface area contributed by atoms with E-state index in [2.05, 4.69) is 5.32 Å². The molecule has 0 bridgehead atoms. The van der Waals surface area contributed by atoms with Crippen LogP contribution in [0.1, 0.15) is 25.5 Å². The Kier molecular flexibility index (Phi) is 4.08. The molecule has 0 aromatic heterocycles. The molecular weight excluding hydrogens is 308 g/mol. The molecule has 0 unspecified atom stereocenters. The van der Waals surface area contributed by atoms with E-state index in [0.717, 1.165) is 13.0 Å². The molecule has 1 aliphatic heterocycles. The molecular formula is C13H12N4O6. The van der Waals surface area contributed by atoms with Crippen LogP contribution in [-0.4, -0.2) is 26.7 Å². The summed E-state index contributed by atoms with van der Waals surface area (Å²) in [5, 5.41) is 24.5. The SMILES string of the molecule is CC(=O)N1C(=O)NC(C)=C([N+](=O)[O-])[C@@H]1c1cccc([N+](=O)[O-])c1. The highest BCUT2D eigenvalue weighted by Gasteiger charge is 2.44. The standard InChI is InChI=1S/C13H12N4O6/c1-7-11(17(22)23)12(15(8(2)18)13(19)14-7)9-4-3-5-10(6-9)16(20)21/h3-6,12H,1-2H3,(H,14,19)/t12-/m0/s1. The first kappa shape index (κ1) is 16.1. The summed E-state index contributed by atoms with van der Waals surface area (Å²) >= 11 is 0. The predicted octanol–water partition coefficient (Wildman–Crippen LogP) is 1.72. The molecule has 0 fully saturated rings. The van der Waals surface area contributed by atoms with Crippen molar-refractivity contribution >= 4 is 17.6 Å². The zero-order valence-electron chi connectivity index (χ0n) is 12.2. The summed E-state index contributed by atoms with van der Waals surface area (Å²) in [6, 6.07) is 2.89. The van der Waals surface area contributed by atoms with Gasteiger partial charge in [-0.1, -0.05) is 12.1 Å². The first-order valence-electron chi connectivity index (χ1n) is 6.44. The van der Waals surface area contributed by atoms with Gasteiger partial charge in [-0.15, -0.1) is 0 Å². The minimum absolute atomic E-state index is 0.0194. The van der Waals surface area contributed by atoms with E-state index in [9.17, 15) is 29.8 Å². The van der Waals surface area contributed by atoms with Gasteiger partial charge in [-0.25, -0.2) is 9.69 Å². The van der Waals surface area contributed by atoms with Crippen molar-refractivity contribution < 1.29 is 19.4 Å². The fourth-order valence-electron chi connectivity index (χ4n) is 2.41. The maximum Gasteiger partial charge on any atom is 0.329 e. The van der Waals surface area contributed by atoms with E-state index in [-0.39, 0.29) is 16.9 Å². The van der Waals surface area contributed by atoms with Gasteiger partial charge in [-0.05, 0) is 12.5 Å². The van der Waals surface area contributed by atoms with Gasteiger partial charge in [0.2, 0.25) is 5.91 Å². The molecule has 0 spiro atoms. The summed E-state index contributed by atoms with van der Waals surface area (Å²) in [6.07, 6.45) is 0. The second-order valence-electron chi connectivity index (χ2n) is 4.84. The molecule has 0 saturated carbocycles. The number of rotatable bonds is 3.